The molecule has 26 heavy (non-hydrogen) atoms. The topological polar surface area (TPSA) is 92.9 Å². The Morgan fingerprint density at radius 1 is 1.15 bits per heavy atom. The SMILES string of the molecule is Cc1ncc(-c2ccnc(Nc3ccc(C(=O)O)cc3)n2)n1C(C)C.[LiH]. The summed E-state index contributed by atoms with van der Waals surface area (Å²) in [5.41, 5.74) is 2.65. The summed E-state index contributed by atoms with van der Waals surface area (Å²) in [6.45, 7) is 6.17. The molecule has 0 fully saturated rings. The standard InChI is InChI=1S/C18H19N5O2.Li.H/c1-11(2)23-12(3)20-10-16(23)15-8-9-19-18(22-15)21-14-6-4-13(5-7-14)17(24)25;;/h4-11H,1-3H3,(H,24,25)(H,19,21,22);;. The number of carboxylic acids is 1. The van der Waals surface area contributed by atoms with E-state index in [1.54, 1.807) is 18.3 Å². The van der Waals surface area contributed by atoms with Gasteiger partial charge in [-0.2, -0.15) is 0 Å². The average Bonchev–Trinajstić information content (AvgIpc) is 2.97. The second-order valence-corrected chi connectivity index (χ2v) is 5.93. The number of anilines is 2. The number of hydrogen-bond acceptors (Lipinski definition) is 5. The maximum atomic E-state index is 10.9. The molecule has 0 saturated carbocycles. The second kappa shape index (κ2) is 8.17. The summed E-state index contributed by atoms with van der Waals surface area (Å²) in [7, 11) is 0. The van der Waals surface area contributed by atoms with Gasteiger partial charge in [-0.25, -0.2) is 19.7 Å². The van der Waals surface area contributed by atoms with Crippen molar-refractivity contribution in [3.05, 3.63) is 54.1 Å². The van der Waals surface area contributed by atoms with Crippen molar-refractivity contribution >= 4 is 36.5 Å². The van der Waals surface area contributed by atoms with Crippen LogP contribution in [0.2, 0.25) is 0 Å². The van der Waals surface area contributed by atoms with E-state index in [1.807, 2.05) is 19.2 Å². The number of benzene rings is 1. The van der Waals surface area contributed by atoms with Crippen LogP contribution >= 0.6 is 0 Å². The molecule has 0 saturated heterocycles. The minimum absolute atomic E-state index is 0. The molecule has 2 heterocycles. The van der Waals surface area contributed by atoms with Crippen LogP contribution < -0.4 is 5.32 Å². The van der Waals surface area contributed by atoms with E-state index < -0.39 is 5.97 Å². The van der Waals surface area contributed by atoms with E-state index >= 15 is 0 Å². The van der Waals surface area contributed by atoms with Gasteiger partial charge in [-0.15, -0.1) is 0 Å². The Bertz CT molecular complexity index is 906. The Morgan fingerprint density at radius 3 is 2.46 bits per heavy atom. The van der Waals surface area contributed by atoms with Gasteiger partial charge < -0.3 is 15.0 Å². The number of aromatic nitrogens is 4. The second-order valence-electron chi connectivity index (χ2n) is 5.93. The van der Waals surface area contributed by atoms with E-state index in [0.29, 0.717) is 5.95 Å². The van der Waals surface area contributed by atoms with Crippen LogP contribution in [0.3, 0.4) is 0 Å². The Kier molecular flexibility index (Phi) is 6.19. The van der Waals surface area contributed by atoms with Crippen LogP contribution in [0.5, 0.6) is 0 Å². The van der Waals surface area contributed by atoms with Gasteiger partial charge in [0.1, 0.15) is 5.82 Å². The fourth-order valence-electron chi connectivity index (χ4n) is 2.68. The first-order valence-corrected chi connectivity index (χ1v) is 7.93. The van der Waals surface area contributed by atoms with Gasteiger partial charge in [-0.3, -0.25) is 0 Å². The predicted octanol–water partition coefficient (Wildman–Crippen LogP) is 3.02. The van der Waals surface area contributed by atoms with Crippen LogP contribution in [0.25, 0.3) is 11.4 Å². The summed E-state index contributed by atoms with van der Waals surface area (Å²) in [6.07, 6.45) is 3.49. The van der Waals surface area contributed by atoms with Crippen molar-refractivity contribution in [2.75, 3.05) is 5.32 Å². The zero-order chi connectivity index (χ0) is 18.0. The quantitative estimate of drug-likeness (QED) is 0.691. The van der Waals surface area contributed by atoms with Crippen LogP contribution in [0.1, 0.15) is 36.1 Å². The van der Waals surface area contributed by atoms with Gasteiger partial charge in [0, 0.05) is 17.9 Å². The normalized spacial score (nSPS) is 10.5. The first kappa shape index (κ1) is 19.7. The van der Waals surface area contributed by atoms with Crippen LogP contribution in [0.4, 0.5) is 11.6 Å². The average molecular weight is 345 g/mol. The third-order valence-corrected chi connectivity index (χ3v) is 3.80. The van der Waals surface area contributed by atoms with Gasteiger partial charge in [0.15, 0.2) is 0 Å². The third kappa shape index (κ3) is 4.13. The fourth-order valence-corrected chi connectivity index (χ4v) is 2.68. The van der Waals surface area contributed by atoms with E-state index in [1.165, 1.54) is 12.1 Å². The van der Waals surface area contributed by atoms with Crippen LogP contribution in [0.15, 0.2) is 42.7 Å². The number of imidazole rings is 1. The number of hydrogen-bond donors (Lipinski definition) is 2. The molecule has 130 valence electrons. The van der Waals surface area contributed by atoms with Crippen molar-refractivity contribution in [3.8, 4) is 11.4 Å². The number of aryl methyl sites for hydroxylation is 1. The first-order valence-electron chi connectivity index (χ1n) is 7.93. The molecule has 3 rings (SSSR count). The van der Waals surface area contributed by atoms with E-state index in [4.69, 9.17) is 5.11 Å². The summed E-state index contributed by atoms with van der Waals surface area (Å²) >= 11 is 0. The molecule has 0 aliphatic rings. The molecule has 0 aliphatic carbocycles. The molecule has 0 spiro atoms. The number of nitrogens with one attached hydrogen (secondary N) is 1. The Morgan fingerprint density at radius 2 is 1.85 bits per heavy atom. The molecule has 3 aromatic rings. The van der Waals surface area contributed by atoms with Crippen LogP contribution in [-0.4, -0.2) is 49.5 Å². The first-order chi connectivity index (χ1) is 12.0. The number of carboxylic acid groups (broad SMARTS) is 1. The summed E-state index contributed by atoms with van der Waals surface area (Å²) in [6, 6.07) is 8.54. The molecule has 0 unspecified atom stereocenters. The molecule has 2 aromatic heterocycles. The molecule has 8 heteroatoms. The molecule has 7 nitrogen and oxygen atoms in total. The van der Waals surface area contributed by atoms with Gasteiger partial charge in [-0.05, 0) is 51.1 Å². The predicted molar refractivity (Wildman–Crippen MR) is 102 cm³/mol. The Balaban J connectivity index is 0.00000243. The number of carbonyl (C=O) groups is 1. The van der Waals surface area contributed by atoms with Crippen molar-refractivity contribution in [3.63, 3.8) is 0 Å². The molecular formula is C18H20LiN5O2. The van der Waals surface area contributed by atoms with Gasteiger partial charge in [-0.1, -0.05) is 0 Å². The van der Waals surface area contributed by atoms with Crippen molar-refractivity contribution < 1.29 is 9.90 Å². The van der Waals surface area contributed by atoms with Gasteiger partial charge in [0.25, 0.3) is 0 Å². The number of rotatable bonds is 5. The summed E-state index contributed by atoms with van der Waals surface area (Å²) in [4.78, 5) is 24.1. The number of nitrogens with zero attached hydrogens (tertiary/aromatic N) is 4. The van der Waals surface area contributed by atoms with Crippen molar-refractivity contribution in [2.24, 2.45) is 0 Å². The Labute approximate surface area is 163 Å². The van der Waals surface area contributed by atoms with Crippen molar-refractivity contribution in [1.82, 2.24) is 19.5 Å². The van der Waals surface area contributed by atoms with E-state index in [-0.39, 0.29) is 30.5 Å². The maximum absolute atomic E-state index is 10.9. The van der Waals surface area contributed by atoms with E-state index in [2.05, 4.69) is 38.7 Å². The zero-order valence-electron chi connectivity index (χ0n) is 14.3. The minimum atomic E-state index is -0.956. The molecule has 2 N–H and O–H groups in total. The summed E-state index contributed by atoms with van der Waals surface area (Å²) in [5.74, 6) is 0.416. The van der Waals surface area contributed by atoms with Crippen molar-refractivity contribution in [2.45, 2.75) is 26.8 Å². The molecule has 0 radical (unpaired) electrons. The van der Waals surface area contributed by atoms with Gasteiger partial charge in [0.05, 0.1) is 23.1 Å². The summed E-state index contributed by atoms with van der Waals surface area (Å²) < 4.78 is 2.12. The summed E-state index contributed by atoms with van der Waals surface area (Å²) in [5, 5.41) is 12.0. The Hall–Kier alpha value is -2.62. The molecular weight excluding hydrogens is 325 g/mol. The monoisotopic (exact) mass is 345 g/mol. The molecule has 0 bridgehead atoms. The molecule has 0 amide bonds. The van der Waals surface area contributed by atoms with Crippen LogP contribution in [-0.2, 0) is 0 Å². The molecule has 0 aliphatic heterocycles. The van der Waals surface area contributed by atoms with Crippen molar-refractivity contribution in [1.29, 1.82) is 0 Å². The third-order valence-electron chi connectivity index (χ3n) is 3.80. The number of aromatic carboxylic acids is 1. The van der Waals surface area contributed by atoms with E-state index in [9.17, 15) is 4.79 Å². The van der Waals surface area contributed by atoms with Gasteiger partial charge in [0.2, 0.25) is 5.95 Å². The molecule has 0 atom stereocenters. The fraction of sp³-hybridized carbons (Fsp3) is 0.222. The zero-order valence-corrected chi connectivity index (χ0v) is 14.3. The van der Waals surface area contributed by atoms with Crippen LogP contribution in [0, 0.1) is 6.92 Å². The molecule has 1 aromatic carbocycles. The van der Waals surface area contributed by atoms with Gasteiger partial charge >= 0.3 is 24.8 Å². The van der Waals surface area contributed by atoms with E-state index in [0.717, 1.165) is 22.9 Å².